The van der Waals surface area contributed by atoms with Gasteiger partial charge in [-0.25, -0.2) is 4.89 Å². The van der Waals surface area contributed by atoms with Crippen molar-refractivity contribution >= 4 is 0 Å². The van der Waals surface area contributed by atoms with Crippen LogP contribution in [0.3, 0.4) is 0 Å². The van der Waals surface area contributed by atoms with E-state index in [4.69, 9.17) is 5.26 Å². The average Bonchev–Trinajstić information content (AvgIpc) is 1.61. The third-order valence-electron chi connectivity index (χ3n) is 0.313. The second-order valence-corrected chi connectivity index (χ2v) is 0.700. The first kappa shape index (κ1) is 5.48. The van der Waals surface area contributed by atoms with Gasteiger partial charge in [0.15, 0.2) is 0 Å². The SMILES string of the molecule is CC#CCOO. The molecule has 0 spiro atoms. The molecule has 0 saturated heterocycles. The maximum atomic E-state index is 7.59. The second kappa shape index (κ2) is 4.48. The van der Waals surface area contributed by atoms with E-state index in [2.05, 4.69) is 16.7 Å². The summed E-state index contributed by atoms with van der Waals surface area (Å²) in [6.45, 7) is 1.79. The molecule has 0 unspecified atom stereocenters. The Bertz CT molecular complexity index is 67.4. The Labute approximate surface area is 36.7 Å². The van der Waals surface area contributed by atoms with Crippen molar-refractivity contribution in [2.45, 2.75) is 6.92 Å². The summed E-state index contributed by atoms with van der Waals surface area (Å²) >= 11 is 0. The predicted molar refractivity (Wildman–Crippen MR) is 22.0 cm³/mol. The van der Waals surface area contributed by atoms with E-state index in [0.29, 0.717) is 0 Å². The lowest BCUT2D eigenvalue weighted by Crippen LogP contribution is -1.79. The highest BCUT2D eigenvalue weighted by Crippen LogP contribution is 1.57. The van der Waals surface area contributed by atoms with Crippen LogP contribution in [0.4, 0.5) is 0 Å². The van der Waals surface area contributed by atoms with E-state index in [1.807, 2.05) is 0 Å². The van der Waals surface area contributed by atoms with Gasteiger partial charge in [0.05, 0.1) is 0 Å². The van der Waals surface area contributed by atoms with Crippen LogP contribution >= 0.6 is 0 Å². The van der Waals surface area contributed by atoms with E-state index in [0.717, 1.165) is 0 Å². The Balaban J connectivity index is 2.79. The molecule has 1 N–H and O–H groups in total. The quantitative estimate of drug-likeness (QED) is 0.286. The van der Waals surface area contributed by atoms with Gasteiger partial charge in [-0.05, 0) is 6.92 Å². The Morgan fingerprint density at radius 3 is 2.67 bits per heavy atom. The minimum Gasteiger partial charge on any atom is -0.251 e. The zero-order valence-corrected chi connectivity index (χ0v) is 3.56. The summed E-state index contributed by atoms with van der Waals surface area (Å²) in [5, 5.41) is 7.59. The Morgan fingerprint density at radius 1 is 1.83 bits per heavy atom. The van der Waals surface area contributed by atoms with E-state index < -0.39 is 0 Å². The lowest BCUT2D eigenvalue weighted by Gasteiger charge is -1.75. The molecule has 0 aromatic rings. The first-order valence-electron chi connectivity index (χ1n) is 1.57. The average molecular weight is 86.1 g/mol. The van der Waals surface area contributed by atoms with Gasteiger partial charge in [-0.2, -0.15) is 0 Å². The molecule has 2 nitrogen and oxygen atoms in total. The number of hydrogen-bond donors (Lipinski definition) is 1. The van der Waals surface area contributed by atoms with Gasteiger partial charge in [0.1, 0.15) is 6.61 Å². The van der Waals surface area contributed by atoms with Crippen LogP contribution in [0.1, 0.15) is 6.92 Å². The normalized spacial score (nSPS) is 6.33. The smallest absolute Gasteiger partial charge is 0.142 e. The van der Waals surface area contributed by atoms with Crippen LogP contribution in [0, 0.1) is 11.8 Å². The Morgan fingerprint density at radius 2 is 2.50 bits per heavy atom. The minimum atomic E-state index is 0.108. The lowest BCUT2D eigenvalue weighted by molar-refractivity contribution is -0.229. The molecule has 34 valence electrons. The fourth-order valence-electron chi connectivity index (χ4n) is 0.104. The van der Waals surface area contributed by atoms with Crippen LogP contribution < -0.4 is 0 Å². The third kappa shape index (κ3) is 3.48. The molecule has 0 atom stereocenters. The van der Waals surface area contributed by atoms with Gasteiger partial charge in [0.25, 0.3) is 0 Å². The van der Waals surface area contributed by atoms with Gasteiger partial charge < -0.3 is 0 Å². The van der Waals surface area contributed by atoms with Crippen molar-refractivity contribution in [3.8, 4) is 11.8 Å². The highest BCUT2D eigenvalue weighted by Gasteiger charge is 1.62. The summed E-state index contributed by atoms with van der Waals surface area (Å²) in [6, 6.07) is 0. The number of hydrogen-bond acceptors (Lipinski definition) is 2. The second-order valence-electron chi connectivity index (χ2n) is 0.700. The van der Waals surface area contributed by atoms with E-state index >= 15 is 0 Å². The van der Waals surface area contributed by atoms with Crippen LogP contribution in [-0.4, -0.2) is 11.9 Å². The van der Waals surface area contributed by atoms with Crippen LogP contribution in [0.2, 0.25) is 0 Å². The largest absolute Gasteiger partial charge is 0.251 e. The molecule has 0 aliphatic rings. The van der Waals surface area contributed by atoms with Gasteiger partial charge in [-0.15, -0.1) is 5.92 Å². The predicted octanol–water partition coefficient (Wildman–Crippen LogP) is 0.499. The maximum absolute atomic E-state index is 7.59. The van der Waals surface area contributed by atoms with Crippen LogP contribution in [0.5, 0.6) is 0 Å². The first-order chi connectivity index (χ1) is 2.91. The van der Waals surface area contributed by atoms with Crippen LogP contribution in [-0.2, 0) is 4.89 Å². The molecule has 0 radical (unpaired) electrons. The Hall–Kier alpha value is -0.520. The lowest BCUT2D eigenvalue weighted by atomic mass is 10.6. The van der Waals surface area contributed by atoms with Crippen molar-refractivity contribution in [3.63, 3.8) is 0 Å². The molecule has 0 rings (SSSR count). The van der Waals surface area contributed by atoms with Crippen LogP contribution in [0.25, 0.3) is 0 Å². The summed E-state index contributed by atoms with van der Waals surface area (Å²) in [5.41, 5.74) is 0. The molecule has 0 aliphatic carbocycles. The third-order valence-corrected chi connectivity index (χ3v) is 0.313. The van der Waals surface area contributed by atoms with Crippen molar-refractivity contribution < 1.29 is 10.1 Å². The minimum absolute atomic E-state index is 0.108. The topological polar surface area (TPSA) is 29.5 Å². The van der Waals surface area contributed by atoms with E-state index in [1.165, 1.54) is 0 Å². The molecule has 2 heteroatoms. The van der Waals surface area contributed by atoms with Crippen molar-refractivity contribution in [2.24, 2.45) is 0 Å². The van der Waals surface area contributed by atoms with Crippen molar-refractivity contribution in [3.05, 3.63) is 0 Å². The Kier molecular flexibility index (Phi) is 4.09. The van der Waals surface area contributed by atoms with Crippen molar-refractivity contribution in [1.29, 1.82) is 0 Å². The fourth-order valence-corrected chi connectivity index (χ4v) is 0.104. The molecule has 0 aromatic heterocycles. The highest BCUT2D eigenvalue weighted by atomic mass is 17.1. The highest BCUT2D eigenvalue weighted by molar-refractivity contribution is 4.94. The zero-order chi connectivity index (χ0) is 4.83. The standard InChI is InChI=1S/C4H6O2/c1-2-3-4-6-5/h5H,4H2,1H3. The molecular weight excluding hydrogens is 80.0 g/mol. The van der Waals surface area contributed by atoms with E-state index in [1.54, 1.807) is 6.92 Å². The molecule has 0 aromatic carbocycles. The van der Waals surface area contributed by atoms with Crippen molar-refractivity contribution in [2.75, 3.05) is 6.61 Å². The zero-order valence-electron chi connectivity index (χ0n) is 3.56. The molecule has 0 heterocycles. The summed E-state index contributed by atoms with van der Waals surface area (Å²) in [7, 11) is 0. The van der Waals surface area contributed by atoms with Crippen LogP contribution in [0.15, 0.2) is 0 Å². The van der Waals surface area contributed by atoms with E-state index in [-0.39, 0.29) is 6.61 Å². The summed E-state index contributed by atoms with van der Waals surface area (Å²) in [5.74, 6) is 5.01. The fraction of sp³-hybridized carbons (Fsp3) is 0.500. The number of rotatable bonds is 1. The molecule has 0 amide bonds. The van der Waals surface area contributed by atoms with Gasteiger partial charge in [-0.1, -0.05) is 5.92 Å². The summed E-state index contributed by atoms with van der Waals surface area (Å²) in [6.07, 6.45) is 0. The monoisotopic (exact) mass is 86.0 g/mol. The summed E-state index contributed by atoms with van der Waals surface area (Å²) in [4.78, 5) is 3.61. The molecule has 0 aliphatic heterocycles. The first-order valence-corrected chi connectivity index (χ1v) is 1.57. The molecule has 6 heavy (non-hydrogen) atoms. The van der Waals surface area contributed by atoms with Gasteiger partial charge >= 0.3 is 0 Å². The van der Waals surface area contributed by atoms with Crippen molar-refractivity contribution in [1.82, 2.24) is 0 Å². The van der Waals surface area contributed by atoms with Gasteiger partial charge in [-0.3, -0.25) is 5.26 Å². The van der Waals surface area contributed by atoms with Gasteiger partial charge in [0.2, 0.25) is 0 Å². The van der Waals surface area contributed by atoms with Gasteiger partial charge in [0, 0.05) is 0 Å². The molecule has 0 fully saturated rings. The maximum Gasteiger partial charge on any atom is 0.142 e. The molecular formula is C4H6O2. The molecule has 0 bridgehead atoms. The van der Waals surface area contributed by atoms with E-state index in [9.17, 15) is 0 Å². The molecule has 0 saturated carbocycles. The summed E-state index contributed by atoms with van der Waals surface area (Å²) < 4.78 is 0.